The summed E-state index contributed by atoms with van der Waals surface area (Å²) in [5.74, 6) is 1.68. The smallest absolute Gasteiger partial charge is 0.128 e. The molecule has 1 aliphatic rings. The van der Waals surface area contributed by atoms with Crippen LogP contribution in [0.15, 0.2) is 48.6 Å². The fourth-order valence-corrected chi connectivity index (χ4v) is 3.56. The van der Waals surface area contributed by atoms with Crippen LogP contribution < -0.4 is 10.6 Å². The maximum absolute atomic E-state index is 13.7. The number of aryl methyl sites for hydroxylation is 1. The fourth-order valence-electron chi connectivity index (χ4n) is 3.56. The molecule has 142 valence electrons. The van der Waals surface area contributed by atoms with Crippen molar-refractivity contribution in [2.45, 2.75) is 46.6 Å². The van der Waals surface area contributed by atoms with E-state index in [1.807, 2.05) is 13.0 Å². The molecule has 0 radical (unpaired) electrons. The topological polar surface area (TPSA) is 49.8 Å². The maximum atomic E-state index is 13.7. The molecule has 0 saturated heterocycles. The number of halogens is 1. The van der Waals surface area contributed by atoms with Crippen LogP contribution in [0.5, 0.6) is 0 Å². The molecule has 0 amide bonds. The molecule has 1 aliphatic carbocycles. The van der Waals surface area contributed by atoms with Crippen molar-refractivity contribution < 1.29 is 4.39 Å². The lowest BCUT2D eigenvalue weighted by atomic mass is 9.92. The zero-order chi connectivity index (χ0) is 19.6. The molecular formula is C22H27FN4. The van der Waals surface area contributed by atoms with Gasteiger partial charge in [0.05, 0.1) is 29.9 Å². The minimum absolute atomic E-state index is 0.108. The van der Waals surface area contributed by atoms with E-state index in [2.05, 4.69) is 48.0 Å². The van der Waals surface area contributed by atoms with Crippen molar-refractivity contribution >= 4 is 11.3 Å². The highest BCUT2D eigenvalue weighted by Crippen LogP contribution is 2.36. The Morgan fingerprint density at radius 3 is 2.59 bits per heavy atom. The second-order valence-electron chi connectivity index (χ2n) is 7.34. The number of benzene rings is 1. The summed E-state index contributed by atoms with van der Waals surface area (Å²) in [7, 11) is 0. The minimum Gasteiger partial charge on any atom is -0.365 e. The molecule has 0 saturated carbocycles. The molecule has 0 fully saturated rings. The molecule has 5 heteroatoms. The Hall–Kier alpha value is -2.69. The standard InChI is InChI=1S/C22H27FN4/c1-6-21-24-11-18(12-25-21)26-15(5)27-22(13(2)3)20-9-16-7-8-17(23)10-19(16)14(20)4/h7-8,10-13,22,26-27H,5-6,9H2,1-4H3. The monoisotopic (exact) mass is 366 g/mol. The minimum atomic E-state index is -0.190. The van der Waals surface area contributed by atoms with Gasteiger partial charge in [0.1, 0.15) is 11.6 Å². The van der Waals surface area contributed by atoms with Crippen molar-refractivity contribution in [3.8, 4) is 0 Å². The average molecular weight is 366 g/mol. The van der Waals surface area contributed by atoms with Crippen LogP contribution in [0.2, 0.25) is 0 Å². The highest BCUT2D eigenvalue weighted by atomic mass is 19.1. The van der Waals surface area contributed by atoms with Gasteiger partial charge in [-0.3, -0.25) is 0 Å². The SMILES string of the molecule is C=C(Nc1cnc(CC)nc1)NC(C1=C(C)c2cc(F)ccc2C1)C(C)C. The molecule has 0 bridgehead atoms. The fraction of sp³-hybridized carbons (Fsp3) is 0.364. The first kappa shape index (κ1) is 19.1. The summed E-state index contributed by atoms with van der Waals surface area (Å²) >= 11 is 0. The molecule has 1 unspecified atom stereocenters. The Morgan fingerprint density at radius 1 is 1.26 bits per heavy atom. The molecule has 1 heterocycles. The van der Waals surface area contributed by atoms with Gasteiger partial charge in [-0.2, -0.15) is 0 Å². The van der Waals surface area contributed by atoms with Crippen molar-refractivity contribution in [3.05, 3.63) is 71.3 Å². The lowest BCUT2D eigenvalue weighted by molar-refractivity contribution is 0.479. The van der Waals surface area contributed by atoms with Gasteiger partial charge in [-0.1, -0.05) is 33.4 Å². The highest BCUT2D eigenvalue weighted by Gasteiger charge is 2.27. The normalized spacial score (nSPS) is 14.3. The Bertz CT molecular complexity index is 868. The van der Waals surface area contributed by atoms with Crippen LogP contribution in [0.3, 0.4) is 0 Å². The van der Waals surface area contributed by atoms with Gasteiger partial charge in [0, 0.05) is 6.42 Å². The number of allylic oxidation sites excluding steroid dienone is 1. The Labute approximate surface area is 160 Å². The third kappa shape index (κ3) is 4.18. The summed E-state index contributed by atoms with van der Waals surface area (Å²) in [5.41, 5.74) is 5.43. The van der Waals surface area contributed by atoms with Gasteiger partial charge in [-0.05, 0) is 53.7 Å². The van der Waals surface area contributed by atoms with Gasteiger partial charge >= 0.3 is 0 Å². The van der Waals surface area contributed by atoms with Crippen LogP contribution in [0, 0.1) is 11.7 Å². The Morgan fingerprint density at radius 2 is 1.96 bits per heavy atom. The Balaban J connectivity index is 1.75. The van der Waals surface area contributed by atoms with Crippen molar-refractivity contribution in [3.63, 3.8) is 0 Å². The summed E-state index contributed by atoms with van der Waals surface area (Å²) in [5, 5.41) is 6.74. The van der Waals surface area contributed by atoms with Crippen molar-refractivity contribution in [1.82, 2.24) is 15.3 Å². The molecule has 2 N–H and O–H groups in total. The van der Waals surface area contributed by atoms with Crippen LogP contribution in [0.4, 0.5) is 10.1 Å². The van der Waals surface area contributed by atoms with E-state index in [0.717, 1.165) is 35.5 Å². The zero-order valence-corrected chi connectivity index (χ0v) is 16.4. The molecule has 27 heavy (non-hydrogen) atoms. The van der Waals surface area contributed by atoms with Crippen LogP contribution in [0.1, 0.15) is 44.6 Å². The summed E-state index contributed by atoms with van der Waals surface area (Å²) in [6.07, 6.45) is 5.17. The number of nitrogens with one attached hydrogen (secondary N) is 2. The Kier molecular flexibility index (Phi) is 5.59. The van der Waals surface area contributed by atoms with E-state index < -0.39 is 0 Å². The van der Waals surface area contributed by atoms with E-state index in [0.29, 0.717) is 11.7 Å². The molecule has 0 aliphatic heterocycles. The number of fused-ring (bicyclic) bond motifs is 1. The van der Waals surface area contributed by atoms with Gasteiger partial charge in [0.2, 0.25) is 0 Å². The first-order chi connectivity index (χ1) is 12.9. The number of nitrogens with zero attached hydrogens (tertiary/aromatic N) is 2. The molecule has 1 aromatic heterocycles. The van der Waals surface area contributed by atoms with Gasteiger partial charge in [0.25, 0.3) is 0 Å². The van der Waals surface area contributed by atoms with E-state index in [1.165, 1.54) is 17.2 Å². The highest BCUT2D eigenvalue weighted by molar-refractivity contribution is 5.76. The molecule has 0 spiro atoms. The van der Waals surface area contributed by atoms with Gasteiger partial charge in [0.15, 0.2) is 0 Å². The average Bonchev–Trinajstić information content (AvgIpc) is 2.96. The van der Waals surface area contributed by atoms with E-state index >= 15 is 0 Å². The van der Waals surface area contributed by atoms with E-state index in [9.17, 15) is 4.39 Å². The van der Waals surface area contributed by atoms with Gasteiger partial charge in [-0.15, -0.1) is 0 Å². The van der Waals surface area contributed by atoms with Crippen LogP contribution >= 0.6 is 0 Å². The van der Waals surface area contributed by atoms with Crippen LogP contribution in [0.25, 0.3) is 5.57 Å². The molecule has 4 nitrogen and oxygen atoms in total. The predicted octanol–water partition coefficient (Wildman–Crippen LogP) is 4.71. The van der Waals surface area contributed by atoms with Crippen molar-refractivity contribution in [2.24, 2.45) is 5.92 Å². The number of aromatic nitrogens is 2. The van der Waals surface area contributed by atoms with Gasteiger partial charge < -0.3 is 10.6 Å². The molecule has 1 aromatic carbocycles. The molecule has 3 rings (SSSR count). The third-order valence-corrected chi connectivity index (χ3v) is 5.03. The lowest BCUT2D eigenvalue weighted by Gasteiger charge is -2.27. The predicted molar refractivity (Wildman–Crippen MR) is 109 cm³/mol. The first-order valence-electron chi connectivity index (χ1n) is 9.40. The van der Waals surface area contributed by atoms with E-state index in [4.69, 9.17) is 0 Å². The second-order valence-corrected chi connectivity index (χ2v) is 7.34. The largest absolute Gasteiger partial charge is 0.365 e. The van der Waals surface area contributed by atoms with Crippen molar-refractivity contribution in [2.75, 3.05) is 5.32 Å². The van der Waals surface area contributed by atoms with E-state index in [-0.39, 0.29) is 11.9 Å². The van der Waals surface area contributed by atoms with Gasteiger partial charge in [-0.25, -0.2) is 14.4 Å². The van der Waals surface area contributed by atoms with Crippen LogP contribution in [-0.4, -0.2) is 16.0 Å². The molecular weight excluding hydrogens is 339 g/mol. The summed E-state index contributed by atoms with van der Waals surface area (Å²) < 4.78 is 13.7. The third-order valence-electron chi connectivity index (χ3n) is 5.03. The first-order valence-corrected chi connectivity index (χ1v) is 9.40. The molecule has 2 aromatic rings. The number of rotatable bonds is 7. The summed E-state index contributed by atoms with van der Waals surface area (Å²) in [4.78, 5) is 8.60. The number of hydrogen-bond donors (Lipinski definition) is 2. The number of hydrogen-bond acceptors (Lipinski definition) is 4. The van der Waals surface area contributed by atoms with Crippen molar-refractivity contribution in [1.29, 1.82) is 0 Å². The zero-order valence-electron chi connectivity index (χ0n) is 16.4. The molecule has 1 atom stereocenters. The van der Waals surface area contributed by atoms with Crippen LogP contribution in [-0.2, 0) is 12.8 Å². The number of anilines is 1. The summed E-state index contributed by atoms with van der Waals surface area (Å²) in [6, 6.07) is 5.16. The van der Waals surface area contributed by atoms with E-state index in [1.54, 1.807) is 18.5 Å². The lowest BCUT2D eigenvalue weighted by Crippen LogP contribution is -2.37. The second kappa shape index (κ2) is 7.91. The summed E-state index contributed by atoms with van der Waals surface area (Å²) in [6.45, 7) is 12.6. The maximum Gasteiger partial charge on any atom is 0.128 e. The quantitative estimate of drug-likeness (QED) is 0.745.